The van der Waals surface area contributed by atoms with E-state index in [0.29, 0.717) is 29.7 Å². The molecule has 0 radical (unpaired) electrons. The van der Waals surface area contributed by atoms with Crippen molar-refractivity contribution in [2.24, 2.45) is 0 Å². The fourth-order valence-corrected chi connectivity index (χ4v) is 5.25. The number of Topliss-reactive ketones (excluding diaryl/α,β-unsaturated/α-hetero) is 1. The van der Waals surface area contributed by atoms with Crippen LogP contribution < -0.4 is 10.6 Å². The van der Waals surface area contributed by atoms with Crippen LogP contribution in [0.2, 0.25) is 0 Å². The van der Waals surface area contributed by atoms with E-state index in [1.807, 2.05) is 56.3 Å². The second-order valence-corrected chi connectivity index (χ2v) is 9.25. The Hall–Kier alpha value is -3.99. The van der Waals surface area contributed by atoms with Crippen LogP contribution in [0, 0.1) is 12.7 Å². The second-order valence-electron chi connectivity index (χ2n) is 9.25. The van der Waals surface area contributed by atoms with Crippen molar-refractivity contribution < 1.29 is 14.0 Å². The molecule has 0 spiro atoms. The molecular weight excluding hydrogens is 439 g/mol. The summed E-state index contributed by atoms with van der Waals surface area (Å²) in [6, 6.07) is 23.7. The molecule has 176 valence electrons. The number of hydrogen-bond acceptors (Lipinski definition) is 3. The van der Waals surface area contributed by atoms with Gasteiger partial charge >= 0.3 is 0 Å². The number of carbonyl (C=O) groups is 2. The van der Waals surface area contributed by atoms with Gasteiger partial charge in [-0.15, -0.1) is 0 Å². The molecular formula is C30H27FN2O2. The minimum absolute atomic E-state index is 0.0560. The molecule has 3 aromatic rings. The average molecular weight is 467 g/mol. The zero-order chi connectivity index (χ0) is 24.5. The van der Waals surface area contributed by atoms with E-state index in [1.54, 1.807) is 0 Å². The van der Waals surface area contributed by atoms with Crippen molar-refractivity contribution in [2.75, 3.05) is 5.32 Å². The molecule has 2 N–H and O–H groups in total. The van der Waals surface area contributed by atoms with E-state index in [0.717, 1.165) is 28.1 Å². The van der Waals surface area contributed by atoms with Gasteiger partial charge in [-0.1, -0.05) is 54.6 Å². The van der Waals surface area contributed by atoms with Crippen LogP contribution in [0.4, 0.5) is 10.1 Å². The van der Waals surface area contributed by atoms with Crippen molar-refractivity contribution >= 4 is 17.4 Å². The van der Waals surface area contributed by atoms with Crippen molar-refractivity contribution in [3.8, 4) is 0 Å². The highest BCUT2D eigenvalue weighted by molar-refractivity contribution is 6.10. The van der Waals surface area contributed by atoms with Gasteiger partial charge in [-0.3, -0.25) is 9.59 Å². The van der Waals surface area contributed by atoms with Gasteiger partial charge in [0.2, 0.25) is 0 Å². The lowest BCUT2D eigenvalue weighted by molar-refractivity contribution is -0.116. The van der Waals surface area contributed by atoms with E-state index in [4.69, 9.17) is 0 Å². The third kappa shape index (κ3) is 4.42. The van der Waals surface area contributed by atoms with Gasteiger partial charge in [-0.25, -0.2) is 4.39 Å². The number of nitrogens with one attached hydrogen (secondary N) is 2. The zero-order valence-corrected chi connectivity index (χ0v) is 19.8. The lowest BCUT2D eigenvalue weighted by atomic mass is 9.71. The summed E-state index contributed by atoms with van der Waals surface area (Å²) >= 11 is 0. The summed E-state index contributed by atoms with van der Waals surface area (Å²) in [6.07, 6.45) is 1.11. The molecule has 2 atom stereocenters. The minimum atomic E-state index is -0.475. The Balaban J connectivity index is 1.57. The van der Waals surface area contributed by atoms with Crippen LogP contribution in [0.1, 0.15) is 48.3 Å². The molecule has 1 aliphatic heterocycles. The molecule has 5 heteroatoms. The second kappa shape index (κ2) is 9.34. The van der Waals surface area contributed by atoms with E-state index in [9.17, 15) is 14.0 Å². The molecule has 0 aromatic heterocycles. The van der Waals surface area contributed by atoms with Gasteiger partial charge in [-0.2, -0.15) is 0 Å². The molecule has 35 heavy (non-hydrogen) atoms. The normalized spacial score (nSPS) is 19.8. The number of amides is 1. The van der Waals surface area contributed by atoms with Crippen molar-refractivity contribution in [1.82, 2.24) is 5.32 Å². The van der Waals surface area contributed by atoms with Gasteiger partial charge in [0.25, 0.3) is 5.91 Å². The van der Waals surface area contributed by atoms with Crippen LogP contribution in [0.3, 0.4) is 0 Å². The first-order valence-corrected chi connectivity index (χ1v) is 11.8. The van der Waals surface area contributed by atoms with Crippen molar-refractivity contribution in [3.05, 3.63) is 124 Å². The number of halogens is 1. The summed E-state index contributed by atoms with van der Waals surface area (Å²) in [4.78, 5) is 27.3. The molecule has 4 nitrogen and oxygen atoms in total. The fourth-order valence-electron chi connectivity index (χ4n) is 5.25. The minimum Gasteiger partial charge on any atom is -0.362 e. The van der Waals surface area contributed by atoms with Gasteiger partial charge in [0, 0.05) is 40.6 Å². The van der Waals surface area contributed by atoms with E-state index < -0.39 is 5.92 Å². The number of rotatable bonds is 4. The first-order valence-electron chi connectivity index (χ1n) is 11.8. The van der Waals surface area contributed by atoms with Crippen LogP contribution >= 0.6 is 0 Å². The van der Waals surface area contributed by atoms with Crippen LogP contribution in [-0.4, -0.2) is 11.7 Å². The molecule has 0 bridgehead atoms. The van der Waals surface area contributed by atoms with Crippen LogP contribution in [0.15, 0.2) is 101 Å². The molecule has 5 rings (SSSR count). The van der Waals surface area contributed by atoms with Gasteiger partial charge in [0.15, 0.2) is 5.78 Å². The summed E-state index contributed by atoms with van der Waals surface area (Å²) in [7, 11) is 0. The van der Waals surface area contributed by atoms with Gasteiger partial charge in [0.1, 0.15) is 5.82 Å². The molecule has 0 saturated carbocycles. The van der Waals surface area contributed by atoms with Gasteiger partial charge < -0.3 is 10.6 Å². The number of anilines is 1. The molecule has 1 aliphatic carbocycles. The number of allylic oxidation sites excluding steroid dienone is 3. The molecule has 0 fully saturated rings. The molecule has 1 amide bonds. The Morgan fingerprint density at radius 2 is 1.60 bits per heavy atom. The van der Waals surface area contributed by atoms with E-state index >= 15 is 0 Å². The molecule has 1 heterocycles. The number of ketones is 1. The lowest BCUT2D eigenvalue weighted by Gasteiger charge is -2.37. The standard InChI is InChI=1S/C30H27FN2O2/c1-18-8-6-7-11-24(18)28-27(30(35)33-23-14-12-22(31)13-15-23)19(2)32-25-16-21(17-26(34)29(25)28)20-9-4-3-5-10-20/h3-15,21,28,32H,16-17H2,1-2H3,(H,33,35)/t21-,28-/m0/s1. The van der Waals surface area contributed by atoms with E-state index in [2.05, 4.69) is 22.8 Å². The first kappa shape index (κ1) is 22.8. The average Bonchev–Trinajstić information content (AvgIpc) is 2.85. The maximum Gasteiger partial charge on any atom is 0.254 e. The van der Waals surface area contributed by atoms with Gasteiger partial charge in [-0.05, 0) is 67.1 Å². The maximum atomic E-state index is 13.7. The molecule has 0 saturated heterocycles. The number of benzene rings is 3. The number of carbonyl (C=O) groups excluding carboxylic acids is 2. The zero-order valence-electron chi connectivity index (χ0n) is 19.8. The highest BCUT2D eigenvalue weighted by Gasteiger charge is 2.41. The van der Waals surface area contributed by atoms with Crippen LogP contribution in [-0.2, 0) is 9.59 Å². The third-order valence-corrected chi connectivity index (χ3v) is 6.94. The number of hydrogen-bond donors (Lipinski definition) is 2. The Morgan fingerprint density at radius 1 is 0.914 bits per heavy atom. The largest absolute Gasteiger partial charge is 0.362 e. The Kier molecular flexibility index (Phi) is 6.08. The highest BCUT2D eigenvalue weighted by Crippen LogP contribution is 2.46. The molecule has 2 aliphatic rings. The molecule has 3 aromatic carbocycles. The summed E-state index contributed by atoms with van der Waals surface area (Å²) in [5.41, 5.74) is 6.38. The number of dihydropyridines is 1. The summed E-state index contributed by atoms with van der Waals surface area (Å²) in [6.45, 7) is 3.88. The van der Waals surface area contributed by atoms with Crippen LogP contribution in [0.5, 0.6) is 0 Å². The van der Waals surface area contributed by atoms with Crippen LogP contribution in [0.25, 0.3) is 0 Å². The van der Waals surface area contributed by atoms with Crippen molar-refractivity contribution in [2.45, 2.75) is 38.5 Å². The Morgan fingerprint density at radius 3 is 2.31 bits per heavy atom. The van der Waals surface area contributed by atoms with Crippen molar-refractivity contribution in [1.29, 1.82) is 0 Å². The predicted molar refractivity (Wildman–Crippen MR) is 135 cm³/mol. The third-order valence-electron chi connectivity index (χ3n) is 6.94. The summed E-state index contributed by atoms with van der Waals surface area (Å²) in [5, 5.41) is 6.31. The lowest BCUT2D eigenvalue weighted by Crippen LogP contribution is -2.37. The predicted octanol–water partition coefficient (Wildman–Crippen LogP) is 6.13. The maximum absolute atomic E-state index is 13.7. The van der Waals surface area contributed by atoms with E-state index in [-0.39, 0.29) is 23.4 Å². The Bertz CT molecular complexity index is 1360. The molecule has 0 unspecified atom stereocenters. The van der Waals surface area contributed by atoms with Crippen molar-refractivity contribution in [3.63, 3.8) is 0 Å². The monoisotopic (exact) mass is 466 g/mol. The Labute approximate surface area is 204 Å². The first-order chi connectivity index (χ1) is 16.9. The smallest absolute Gasteiger partial charge is 0.254 e. The fraction of sp³-hybridized carbons (Fsp3) is 0.200. The topological polar surface area (TPSA) is 58.2 Å². The summed E-state index contributed by atoms with van der Waals surface area (Å²) < 4.78 is 13.4. The summed E-state index contributed by atoms with van der Waals surface area (Å²) in [5.74, 6) is -1.00. The quantitative estimate of drug-likeness (QED) is 0.486. The van der Waals surface area contributed by atoms with Gasteiger partial charge in [0.05, 0.1) is 0 Å². The van der Waals surface area contributed by atoms with E-state index in [1.165, 1.54) is 24.3 Å². The SMILES string of the molecule is CC1=C(C(=O)Nc2ccc(F)cc2)[C@H](c2ccccc2C)C2=C(C[C@H](c3ccccc3)CC2=O)N1. The number of aryl methyl sites for hydroxylation is 1. The highest BCUT2D eigenvalue weighted by atomic mass is 19.1.